The van der Waals surface area contributed by atoms with Gasteiger partial charge in [-0.15, -0.1) is 0 Å². The van der Waals surface area contributed by atoms with Gasteiger partial charge in [0, 0.05) is 19.4 Å². The van der Waals surface area contributed by atoms with Gasteiger partial charge in [-0.1, -0.05) is 60.7 Å². The van der Waals surface area contributed by atoms with E-state index in [-0.39, 0.29) is 22.9 Å². The molecule has 23 heteroatoms. The fourth-order valence-electron chi connectivity index (χ4n) is 5.42. The van der Waals surface area contributed by atoms with Crippen LogP contribution in [-0.2, 0) is 34.4 Å². The molecular weight excluding hydrogens is 825 g/mol. The lowest BCUT2D eigenvalue weighted by molar-refractivity contribution is -0.121. The lowest BCUT2D eigenvalue weighted by Gasteiger charge is -2.20. The summed E-state index contributed by atoms with van der Waals surface area (Å²) in [6.45, 7) is 2.24. The molecule has 1 aromatic heterocycles. The van der Waals surface area contributed by atoms with E-state index in [1.54, 1.807) is 60.7 Å². The number of anilines is 5. The van der Waals surface area contributed by atoms with E-state index in [0.717, 1.165) is 55.3 Å². The van der Waals surface area contributed by atoms with Gasteiger partial charge in [0.25, 0.3) is 26.0 Å². The fourth-order valence-corrected chi connectivity index (χ4v) is 7.36. The second kappa shape index (κ2) is 16.8. The van der Waals surface area contributed by atoms with Gasteiger partial charge >= 0.3 is 11.9 Å². The summed E-state index contributed by atoms with van der Waals surface area (Å²) in [4.78, 5) is 76.3. The first-order chi connectivity index (χ1) is 28.4. The highest BCUT2D eigenvalue weighted by Crippen LogP contribution is 2.27. The minimum Gasteiger partial charge on any atom is -0.478 e. The van der Waals surface area contributed by atoms with Crippen LogP contribution in [0.1, 0.15) is 45.7 Å². The summed E-state index contributed by atoms with van der Waals surface area (Å²) in [5.74, 6) is -7.46. The molecular formula is C37H30N10O11S2. The van der Waals surface area contributed by atoms with E-state index in [4.69, 9.17) is 0 Å². The molecule has 0 saturated heterocycles. The molecule has 21 nitrogen and oxygen atoms in total. The lowest BCUT2D eigenvalue weighted by atomic mass is 10.2. The third kappa shape index (κ3) is 9.55. The van der Waals surface area contributed by atoms with Crippen LogP contribution in [0.2, 0.25) is 0 Å². The van der Waals surface area contributed by atoms with Gasteiger partial charge in [0.1, 0.15) is 5.70 Å². The molecule has 0 unspecified atom stereocenters. The smallest absolute Gasteiger partial charge is 0.337 e. The number of carboxylic acids is 2. The first kappa shape index (κ1) is 41.6. The number of hydrogen-bond donors (Lipinski definition) is 7. The van der Waals surface area contributed by atoms with E-state index in [9.17, 15) is 51.0 Å². The molecule has 1 aliphatic heterocycles. The molecule has 0 radical (unpaired) electrons. The number of amides is 3. The topological polar surface area (TPSA) is 309 Å². The molecule has 0 atom stereocenters. The molecule has 5 aromatic rings. The number of aromatic nitrogens is 3. The normalized spacial score (nSPS) is 13.3. The van der Waals surface area contributed by atoms with Crippen molar-refractivity contribution < 1.29 is 51.0 Å². The lowest BCUT2D eigenvalue weighted by Crippen LogP contribution is -2.38. The van der Waals surface area contributed by atoms with Crippen molar-refractivity contribution in [3.8, 4) is 0 Å². The highest BCUT2D eigenvalue weighted by molar-refractivity contribution is 7.93. The number of nitrogens with zero attached hydrogens (tertiary/aromatic N) is 5. The minimum absolute atomic E-state index is 0.0355. The van der Waals surface area contributed by atoms with Crippen molar-refractivity contribution in [1.29, 1.82) is 0 Å². The number of rotatable bonds is 14. The van der Waals surface area contributed by atoms with Crippen LogP contribution < -0.4 is 25.5 Å². The Kier molecular flexibility index (Phi) is 11.7. The summed E-state index contributed by atoms with van der Waals surface area (Å²) in [6.07, 6.45) is 1.50. The van der Waals surface area contributed by atoms with Crippen molar-refractivity contribution >= 4 is 90.8 Å². The summed E-state index contributed by atoms with van der Waals surface area (Å²) >= 11 is 0. The Hall–Kier alpha value is -8.05. The monoisotopic (exact) mass is 854 g/mol. The van der Waals surface area contributed by atoms with E-state index in [0.29, 0.717) is 11.1 Å². The molecule has 0 fully saturated rings. The number of hydrazine groups is 1. The maximum Gasteiger partial charge on any atom is 0.337 e. The number of carboxylic acid groups (broad SMARTS) is 2. The van der Waals surface area contributed by atoms with Crippen LogP contribution in [0.25, 0.3) is 6.08 Å². The third-order valence-corrected chi connectivity index (χ3v) is 10.6. The second-order valence-corrected chi connectivity index (χ2v) is 15.8. The van der Waals surface area contributed by atoms with E-state index in [2.05, 4.69) is 36.0 Å². The van der Waals surface area contributed by atoms with Crippen LogP contribution in [0.5, 0.6) is 0 Å². The van der Waals surface area contributed by atoms with E-state index >= 15 is 0 Å². The Morgan fingerprint density at radius 1 is 0.633 bits per heavy atom. The number of benzene rings is 4. The SMILES string of the molecule is CC(=O)Nc1ccc(S(=O)(=O)Nc2nc(NN3C(=O)/C(=C\c4ccccc4)N=C3c3ccccc3)nc(NS(=O)(=O)c3ccc(NC(C)=O)c(C(=O)O)c3)n2)cc1C(=O)O. The highest BCUT2D eigenvalue weighted by atomic mass is 32.2. The maximum absolute atomic E-state index is 13.9. The quantitative estimate of drug-likeness (QED) is 0.0787. The zero-order chi connectivity index (χ0) is 43.4. The number of aromatic carboxylic acids is 2. The van der Waals surface area contributed by atoms with Crippen LogP contribution in [0, 0.1) is 0 Å². The molecule has 0 bridgehead atoms. The number of carbonyl (C=O) groups is 5. The summed E-state index contributed by atoms with van der Waals surface area (Å²) in [5, 5.41) is 25.0. The maximum atomic E-state index is 13.9. The minimum atomic E-state index is -4.81. The molecule has 7 N–H and O–H groups in total. The summed E-state index contributed by atoms with van der Waals surface area (Å²) in [5.41, 5.74) is 2.04. The highest BCUT2D eigenvalue weighted by Gasteiger charge is 2.33. The zero-order valence-corrected chi connectivity index (χ0v) is 32.6. The van der Waals surface area contributed by atoms with E-state index in [1.807, 2.05) is 9.44 Å². The number of nitrogens with one attached hydrogen (secondary N) is 5. The summed E-state index contributed by atoms with van der Waals surface area (Å²) < 4.78 is 58.7. The summed E-state index contributed by atoms with van der Waals surface area (Å²) in [7, 11) is -9.61. The van der Waals surface area contributed by atoms with Crippen molar-refractivity contribution in [1.82, 2.24) is 20.0 Å². The number of aliphatic imine (C=N–C) groups is 1. The Labute approximate surface area is 340 Å². The largest absolute Gasteiger partial charge is 0.478 e. The zero-order valence-electron chi connectivity index (χ0n) is 30.9. The molecule has 1 aliphatic rings. The van der Waals surface area contributed by atoms with Gasteiger partial charge in [-0.05, 0) is 48.0 Å². The molecule has 0 spiro atoms. The molecule has 60 heavy (non-hydrogen) atoms. The van der Waals surface area contributed by atoms with E-state index in [1.165, 1.54) is 6.08 Å². The molecule has 4 aromatic carbocycles. The summed E-state index contributed by atoms with van der Waals surface area (Å²) in [6, 6.07) is 22.6. The van der Waals surface area contributed by atoms with Gasteiger partial charge in [-0.3, -0.25) is 19.8 Å². The van der Waals surface area contributed by atoms with Crippen LogP contribution in [0.4, 0.5) is 29.2 Å². The Bertz CT molecular complexity index is 2750. The Morgan fingerprint density at radius 3 is 1.53 bits per heavy atom. The second-order valence-electron chi connectivity index (χ2n) is 12.4. The predicted octanol–water partition coefficient (Wildman–Crippen LogP) is 3.44. The standard InChI is InChI=1S/C37H30N10O11S2/c1-20(48)38-28-15-13-24(18-26(28)33(51)52)59(55,56)45-36-41-35(42-37(43-36)46-60(57,58)25-14-16-29(39-21(2)49)27(19-25)34(53)54)44-47-31(23-11-7-4-8-12-23)40-30(32(47)50)17-22-9-5-3-6-10-22/h3-19H,1-2H3,(H,38,48)(H,39,49)(H,51,52)(H,53,54)(H3,41,42,43,44,45,46)/b30-17+. The molecule has 306 valence electrons. The van der Waals surface area contributed by atoms with Crippen LogP contribution in [0.3, 0.4) is 0 Å². The van der Waals surface area contributed by atoms with Crippen molar-refractivity contribution in [2.75, 3.05) is 25.5 Å². The number of amidine groups is 1. The number of sulfonamides is 2. The van der Waals surface area contributed by atoms with Gasteiger partial charge in [0.2, 0.25) is 29.7 Å². The van der Waals surface area contributed by atoms with Gasteiger partial charge in [0.05, 0.1) is 32.3 Å². The van der Waals surface area contributed by atoms with Crippen LogP contribution in [0.15, 0.2) is 118 Å². The van der Waals surface area contributed by atoms with E-state index < -0.39 is 88.5 Å². The average Bonchev–Trinajstić information content (AvgIpc) is 3.47. The van der Waals surface area contributed by atoms with Crippen molar-refractivity contribution in [3.05, 3.63) is 125 Å². The molecule has 6 rings (SSSR count). The van der Waals surface area contributed by atoms with Gasteiger partial charge in [0.15, 0.2) is 5.84 Å². The van der Waals surface area contributed by atoms with Crippen LogP contribution >= 0.6 is 0 Å². The van der Waals surface area contributed by atoms with Crippen molar-refractivity contribution in [2.45, 2.75) is 23.6 Å². The Morgan fingerprint density at radius 2 is 1.08 bits per heavy atom. The third-order valence-electron chi connectivity index (χ3n) is 7.98. The molecule has 0 saturated carbocycles. The van der Waals surface area contributed by atoms with Gasteiger partial charge in [-0.2, -0.15) is 20.0 Å². The first-order valence-electron chi connectivity index (χ1n) is 17.0. The average molecular weight is 855 g/mol. The predicted molar refractivity (Wildman–Crippen MR) is 215 cm³/mol. The fraction of sp³-hybridized carbons (Fsp3) is 0.0541. The molecule has 3 amide bonds. The van der Waals surface area contributed by atoms with Crippen LogP contribution in [-0.4, -0.2) is 82.5 Å². The first-order valence-corrected chi connectivity index (χ1v) is 20.0. The van der Waals surface area contributed by atoms with Crippen molar-refractivity contribution in [3.63, 3.8) is 0 Å². The number of hydrogen-bond acceptors (Lipinski definition) is 14. The van der Waals surface area contributed by atoms with Crippen molar-refractivity contribution in [2.24, 2.45) is 4.99 Å². The van der Waals surface area contributed by atoms with Gasteiger partial charge in [-0.25, -0.2) is 40.9 Å². The molecule has 2 heterocycles. The van der Waals surface area contributed by atoms with Gasteiger partial charge < -0.3 is 20.8 Å². The number of carbonyl (C=O) groups excluding carboxylic acids is 3. The molecule has 0 aliphatic carbocycles. The Balaban J connectivity index is 1.43.